The van der Waals surface area contributed by atoms with E-state index in [1.54, 1.807) is 0 Å². The average Bonchev–Trinajstić information content (AvgIpc) is 2.85. The first-order valence-electron chi connectivity index (χ1n) is 4.48. The molecule has 2 rings (SSSR count). The van der Waals surface area contributed by atoms with Gasteiger partial charge in [0.15, 0.2) is 0 Å². The quantitative estimate of drug-likeness (QED) is 0.512. The molecular formula is C9H8BF4-. The van der Waals surface area contributed by atoms with Crippen LogP contribution in [0, 0.1) is 5.82 Å². The van der Waals surface area contributed by atoms with Gasteiger partial charge in [0, 0.05) is 0 Å². The molecule has 0 nitrogen and oxygen atoms in total. The zero-order valence-corrected chi connectivity index (χ0v) is 7.31. The number of hydrogen-bond donors (Lipinski definition) is 0. The third-order valence-electron chi connectivity index (χ3n) is 2.42. The van der Waals surface area contributed by atoms with Crippen molar-refractivity contribution in [3.05, 3.63) is 29.6 Å². The van der Waals surface area contributed by atoms with Crippen LogP contribution in [0.25, 0.3) is 0 Å². The van der Waals surface area contributed by atoms with E-state index in [0.717, 1.165) is 25.0 Å². The molecule has 1 aliphatic rings. The van der Waals surface area contributed by atoms with Crippen LogP contribution in [0.4, 0.5) is 17.3 Å². The second kappa shape index (κ2) is 3.00. The first-order chi connectivity index (χ1) is 6.48. The van der Waals surface area contributed by atoms with Crippen molar-refractivity contribution in [3.8, 4) is 0 Å². The van der Waals surface area contributed by atoms with Gasteiger partial charge in [0.2, 0.25) is 0 Å². The summed E-state index contributed by atoms with van der Waals surface area (Å²) in [4.78, 5) is 0. The summed E-state index contributed by atoms with van der Waals surface area (Å²) in [5.74, 6) is -0.950. The molecule has 1 fully saturated rings. The number of benzene rings is 1. The summed E-state index contributed by atoms with van der Waals surface area (Å²) in [7, 11) is 0. The Morgan fingerprint density at radius 2 is 1.79 bits per heavy atom. The molecule has 0 spiro atoms. The van der Waals surface area contributed by atoms with Crippen molar-refractivity contribution in [2.75, 3.05) is 0 Å². The van der Waals surface area contributed by atoms with Gasteiger partial charge in [-0.3, -0.25) is 0 Å². The molecule has 0 aliphatic heterocycles. The number of rotatable bonds is 2. The lowest BCUT2D eigenvalue weighted by molar-refractivity contribution is 0.494. The molecule has 0 atom stereocenters. The minimum Gasteiger partial charge on any atom is -0.445 e. The zero-order valence-electron chi connectivity index (χ0n) is 7.31. The molecule has 1 aliphatic carbocycles. The minimum atomic E-state index is -5.22. The van der Waals surface area contributed by atoms with E-state index in [9.17, 15) is 17.3 Å². The van der Waals surface area contributed by atoms with Gasteiger partial charge in [-0.05, 0) is 30.4 Å². The second-order valence-electron chi connectivity index (χ2n) is 3.63. The van der Waals surface area contributed by atoms with Crippen LogP contribution in [-0.2, 0) is 0 Å². The SMILES string of the molecule is Fc1ccc(C2CC2)cc1[B-](F)(F)F. The third kappa shape index (κ3) is 1.76. The van der Waals surface area contributed by atoms with Crippen molar-refractivity contribution in [2.45, 2.75) is 18.8 Å². The third-order valence-corrected chi connectivity index (χ3v) is 2.42. The highest BCUT2D eigenvalue weighted by Gasteiger charge is 2.31. The monoisotopic (exact) mass is 203 g/mol. The maximum Gasteiger partial charge on any atom is 0.512 e. The maximum absolute atomic E-state index is 12.8. The fourth-order valence-electron chi connectivity index (χ4n) is 1.48. The normalized spacial score (nSPS) is 17.1. The predicted octanol–water partition coefficient (Wildman–Crippen LogP) is 2.76. The van der Waals surface area contributed by atoms with Gasteiger partial charge in [-0.2, -0.15) is 0 Å². The summed E-state index contributed by atoms with van der Waals surface area (Å²) in [5.41, 5.74) is -0.477. The van der Waals surface area contributed by atoms with Gasteiger partial charge in [0.25, 0.3) is 0 Å². The Morgan fingerprint density at radius 3 is 2.29 bits per heavy atom. The van der Waals surface area contributed by atoms with E-state index in [-0.39, 0.29) is 5.92 Å². The molecule has 1 aromatic rings. The van der Waals surface area contributed by atoms with Gasteiger partial charge in [-0.1, -0.05) is 17.6 Å². The molecule has 14 heavy (non-hydrogen) atoms. The van der Waals surface area contributed by atoms with E-state index in [4.69, 9.17) is 0 Å². The fourth-order valence-corrected chi connectivity index (χ4v) is 1.48. The molecule has 5 heteroatoms. The summed E-state index contributed by atoms with van der Waals surface area (Å²) >= 11 is 0. The summed E-state index contributed by atoms with van der Waals surface area (Å²) in [6, 6.07) is 3.31. The minimum absolute atomic E-state index is 0.215. The Labute approximate surface area is 79.0 Å². The molecule has 1 aromatic carbocycles. The smallest absolute Gasteiger partial charge is 0.445 e. The highest BCUT2D eigenvalue weighted by Crippen LogP contribution is 2.39. The molecule has 76 valence electrons. The number of halogens is 4. The van der Waals surface area contributed by atoms with Crippen molar-refractivity contribution in [3.63, 3.8) is 0 Å². The lowest BCUT2D eigenvalue weighted by atomic mass is 9.78. The Kier molecular flexibility index (Phi) is 2.05. The van der Waals surface area contributed by atoms with Crippen molar-refractivity contribution in [1.82, 2.24) is 0 Å². The lowest BCUT2D eigenvalue weighted by Gasteiger charge is -2.16. The average molecular weight is 203 g/mol. The van der Waals surface area contributed by atoms with Crippen molar-refractivity contribution >= 4 is 12.4 Å². The highest BCUT2D eigenvalue weighted by molar-refractivity contribution is 6.73. The summed E-state index contributed by atoms with van der Waals surface area (Å²) in [5, 5.41) is 0. The predicted molar refractivity (Wildman–Crippen MR) is 47.1 cm³/mol. The van der Waals surface area contributed by atoms with E-state index < -0.39 is 18.3 Å². The van der Waals surface area contributed by atoms with Gasteiger partial charge in [-0.25, -0.2) is 4.39 Å². The van der Waals surface area contributed by atoms with Gasteiger partial charge in [-0.15, -0.1) is 0 Å². The van der Waals surface area contributed by atoms with Crippen LogP contribution in [0.3, 0.4) is 0 Å². The van der Waals surface area contributed by atoms with E-state index >= 15 is 0 Å². The summed E-state index contributed by atoms with van der Waals surface area (Å²) in [6.07, 6.45) is 1.83. The van der Waals surface area contributed by atoms with Gasteiger partial charge in [0.1, 0.15) is 0 Å². The summed E-state index contributed by atoms with van der Waals surface area (Å²) < 4.78 is 49.9. The molecule has 1 saturated carbocycles. The molecular weight excluding hydrogens is 195 g/mol. The number of hydrogen-bond acceptors (Lipinski definition) is 0. The first kappa shape index (κ1) is 9.56. The first-order valence-corrected chi connectivity index (χ1v) is 4.48. The van der Waals surface area contributed by atoms with Gasteiger partial charge in [0.05, 0.1) is 5.82 Å². The van der Waals surface area contributed by atoms with Crippen LogP contribution < -0.4 is 5.46 Å². The largest absolute Gasteiger partial charge is 0.512 e. The van der Waals surface area contributed by atoms with Crippen LogP contribution in [0.5, 0.6) is 0 Å². The van der Waals surface area contributed by atoms with E-state index in [1.165, 1.54) is 6.07 Å². The van der Waals surface area contributed by atoms with Crippen molar-refractivity contribution in [1.29, 1.82) is 0 Å². The molecule has 0 saturated heterocycles. The van der Waals surface area contributed by atoms with Crippen molar-refractivity contribution < 1.29 is 17.3 Å². The molecule has 0 heterocycles. The maximum atomic E-state index is 12.8. The van der Waals surface area contributed by atoms with E-state index in [0.29, 0.717) is 5.56 Å². The van der Waals surface area contributed by atoms with E-state index in [2.05, 4.69) is 0 Å². The second-order valence-corrected chi connectivity index (χ2v) is 3.63. The van der Waals surface area contributed by atoms with Crippen LogP contribution in [-0.4, -0.2) is 6.98 Å². The molecule has 0 unspecified atom stereocenters. The Hall–Kier alpha value is -0.995. The highest BCUT2D eigenvalue weighted by atomic mass is 19.4. The van der Waals surface area contributed by atoms with Crippen LogP contribution in [0.15, 0.2) is 18.2 Å². The topological polar surface area (TPSA) is 0 Å². The van der Waals surface area contributed by atoms with Gasteiger partial charge < -0.3 is 12.9 Å². The molecule has 0 radical (unpaired) electrons. The van der Waals surface area contributed by atoms with Crippen molar-refractivity contribution in [2.24, 2.45) is 0 Å². The van der Waals surface area contributed by atoms with Gasteiger partial charge >= 0.3 is 6.98 Å². The Morgan fingerprint density at radius 1 is 1.14 bits per heavy atom. The van der Waals surface area contributed by atoms with Crippen LogP contribution >= 0.6 is 0 Å². The molecule has 0 bridgehead atoms. The zero-order chi connectivity index (χ0) is 10.3. The van der Waals surface area contributed by atoms with Crippen LogP contribution in [0.1, 0.15) is 24.3 Å². The standard InChI is InChI=1S/C9H8BF4/c11-9-4-3-7(6-1-2-6)5-8(9)10(12,13)14/h3-6H,1-2H2/q-1. The fraction of sp³-hybridized carbons (Fsp3) is 0.333. The Balaban J connectivity index is 2.41. The van der Waals surface area contributed by atoms with E-state index in [1.807, 2.05) is 0 Å². The Bertz CT molecular complexity index is 354. The van der Waals surface area contributed by atoms with Crippen LogP contribution in [0.2, 0.25) is 0 Å². The summed E-state index contributed by atoms with van der Waals surface area (Å²) in [6.45, 7) is -5.22. The molecule has 0 aromatic heterocycles. The lowest BCUT2D eigenvalue weighted by Crippen LogP contribution is -2.36. The molecule has 0 amide bonds. The molecule has 0 N–H and O–H groups in total.